The Bertz CT molecular complexity index is 514. The highest BCUT2D eigenvalue weighted by molar-refractivity contribution is 5.81. The molecule has 1 heterocycles. The Hall–Kier alpha value is -1.43. The number of carbonyl (C=O) groups excluding carboxylic acids is 1. The van der Waals surface area contributed by atoms with Crippen molar-refractivity contribution >= 4 is 5.91 Å². The molecule has 1 aromatic carbocycles. The van der Waals surface area contributed by atoms with E-state index in [2.05, 4.69) is 52.4 Å². The van der Waals surface area contributed by atoms with E-state index < -0.39 is 0 Å². The molecule has 0 bridgehead atoms. The number of nitrogens with two attached hydrogens (primary N) is 1. The molecule has 146 valence electrons. The van der Waals surface area contributed by atoms with Gasteiger partial charge in [0, 0.05) is 39.3 Å². The summed E-state index contributed by atoms with van der Waals surface area (Å²) in [5.74, 6) is 0.232. The molecule has 3 N–H and O–H groups in total. The van der Waals surface area contributed by atoms with E-state index in [0.29, 0.717) is 0 Å². The number of piperazine rings is 1. The fourth-order valence-corrected chi connectivity index (χ4v) is 3.31. The lowest BCUT2D eigenvalue weighted by molar-refractivity contribution is -0.123. The summed E-state index contributed by atoms with van der Waals surface area (Å²) in [5.41, 5.74) is 7.34. The average Bonchev–Trinajstić information content (AvgIpc) is 2.68. The average molecular weight is 361 g/mol. The van der Waals surface area contributed by atoms with Crippen LogP contribution in [-0.4, -0.2) is 61.0 Å². The van der Waals surface area contributed by atoms with E-state index in [4.69, 9.17) is 5.73 Å². The molecule has 5 nitrogen and oxygen atoms in total. The number of amides is 1. The summed E-state index contributed by atoms with van der Waals surface area (Å²) in [6.45, 7) is 11.5. The number of benzene rings is 1. The van der Waals surface area contributed by atoms with Gasteiger partial charge in [0.2, 0.25) is 5.91 Å². The lowest BCUT2D eigenvalue weighted by atomic mass is 9.99. The van der Waals surface area contributed by atoms with Gasteiger partial charge in [-0.05, 0) is 30.9 Å². The predicted molar refractivity (Wildman–Crippen MR) is 108 cm³/mol. The summed E-state index contributed by atoms with van der Waals surface area (Å²) in [4.78, 5) is 17.0. The standard InChI is InChI=1S/C21H36N4O/c1-3-18(2)20(22)21(26)23-11-7-8-12-24-13-15-25(16-14-24)17-19-9-5-4-6-10-19/h4-6,9-10,18,20H,3,7-8,11-17,22H2,1-2H3,(H,23,26). The van der Waals surface area contributed by atoms with Crippen LogP contribution in [0.4, 0.5) is 0 Å². The lowest BCUT2D eigenvalue weighted by Crippen LogP contribution is -2.46. The maximum atomic E-state index is 11.9. The van der Waals surface area contributed by atoms with Gasteiger partial charge in [-0.25, -0.2) is 0 Å². The molecular formula is C21H36N4O. The number of hydrogen-bond acceptors (Lipinski definition) is 4. The van der Waals surface area contributed by atoms with Gasteiger partial charge in [0.25, 0.3) is 0 Å². The van der Waals surface area contributed by atoms with E-state index in [1.165, 1.54) is 5.56 Å². The normalized spacial score (nSPS) is 18.4. The molecule has 0 radical (unpaired) electrons. The minimum absolute atomic E-state index is 0.00567. The van der Waals surface area contributed by atoms with Gasteiger partial charge in [0.1, 0.15) is 0 Å². The molecule has 1 fully saturated rings. The van der Waals surface area contributed by atoms with Crippen LogP contribution in [-0.2, 0) is 11.3 Å². The fourth-order valence-electron chi connectivity index (χ4n) is 3.31. The zero-order valence-electron chi connectivity index (χ0n) is 16.5. The Morgan fingerprint density at radius 2 is 1.77 bits per heavy atom. The molecule has 1 aromatic rings. The van der Waals surface area contributed by atoms with E-state index in [0.717, 1.165) is 65.1 Å². The molecule has 5 heteroatoms. The number of hydrogen-bond donors (Lipinski definition) is 2. The zero-order valence-corrected chi connectivity index (χ0v) is 16.5. The van der Waals surface area contributed by atoms with Crippen LogP contribution in [0.3, 0.4) is 0 Å². The minimum atomic E-state index is -0.377. The third kappa shape index (κ3) is 7.06. The Labute approximate surface area is 158 Å². The number of nitrogens with one attached hydrogen (secondary N) is 1. The highest BCUT2D eigenvalue weighted by atomic mass is 16.2. The van der Waals surface area contributed by atoms with E-state index in [-0.39, 0.29) is 17.9 Å². The van der Waals surface area contributed by atoms with Crippen LogP contribution in [0.2, 0.25) is 0 Å². The van der Waals surface area contributed by atoms with Gasteiger partial charge in [0.15, 0.2) is 0 Å². The Morgan fingerprint density at radius 1 is 1.12 bits per heavy atom. The molecule has 2 atom stereocenters. The van der Waals surface area contributed by atoms with Crippen LogP contribution >= 0.6 is 0 Å². The third-order valence-electron chi connectivity index (χ3n) is 5.47. The first kappa shape index (κ1) is 20.9. The summed E-state index contributed by atoms with van der Waals surface area (Å²) in [6.07, 6.45) is 3.07. The van der Waals surface area contributed by atoms with Gasteiger partial charge in [-0.15, -0.1) is 0 Å². The lowest BCUT2D eigenvalue weighted by Gasteiger charge is -2.34. The zero-order chi connectivity index (χ0) is 18.8. The molecule has 0 saturated carbocycles. The monoisotopic (exact) mass is 360 g/mol. The smallest absolute Gasteiger partial charge is 0.237 e. The highest BCUT2D eigenvalue weighted by Gasteiger charge is 2.19. The second kappa shape index (κ2) is 11.3. The van der Waals surface area contributed by atoms with E-state index >= 15 is 0 Å². The maximum absolute atomic E-state index is 11.9. The third-order valence-corrected chi connectivity index (χ3v) is 5.47. The maximum Gasteiger partial charge on any atom is 0.237 e. The first-order valence-corrected chi connectivity index (χ1v) is 10.1. The van der Waals surface area contributed by atoms with Crippen LogP contribution < -0.4 is 11.1 Å². The second-order valence-corrected chi connectivity index (χ2v) is 7.51. The quantitative estimate of drug-likeness (QED) is 0.627. The topological polar surface area (TPSA) is 61.6 Å². The van der Waals surface area contributed by atoms with Crippen molar-refractivity contribution in [1.29, 1.82) is 0 Å². The summed E-state index contributed by atoms with van der Waals surface area (Å²) >= 11 is 0. The van der Waals surface area contributed by atoms with Crippen molar-refractivity contribution in [3.05, 3.63) is 35.9 Å². The van der Waals surface area contributed by atoms with Crippen molar-refractivity contribution in [2.45, 2.75) is 45.7 Å². The van der Waals surface area contributed by atoms with E-state index in [1.807, 2.05) is 6.92 Å². The van der Waals surface area contributed by atoms with Crippen LogP contribution in [0.25, 0.3) is 0 Å². The first-order valence-electron chi connectivity index (χ1n) is 10.1. The number of unbranched alkanes of at least 4 members (excludes halogenated alkanes) is 1. The Morgan fingerprint density at radius 3 is 2.42 bits per heavy atom. The van der Waals surface area contributed by atoms with E-state index in [1.54, 1.807) is 0 Å². The van der Waals surface area contributed by atoms with Crippen molar-refractivity contribution in [2.24, 2.45) is 11.7 Å². The molecule has 1 amide bonds. The van der Waals surface area contributed by atoms with Crippen molar-refractivity contribution in [2.75, 3.05) is 39.3 Å². The molecular weight excluding hydrogens is 324 g/mol. The summed E-state index contributed by atoms with van der Waals surface area (Å²) in [7, 11) is 0. The predicted octanol–water partition coefficient (Wildman–Crippen LogP) is 2.07. The Kier molecular flexibility index (Phi) is 9.09. The van der Waals surface area contributed by atoms with Gasteiger partial charge >= 0.3 is 0 Å². The van der Waals surface area contributed by atoms with Crippen molar-refractivity contribution in [3.63, 3.8) is 0 Å². The van der Waals surface area contributed by atoms with Gasteiger partial charge in [-0.1, -0.05) is 50.6 Å². The van der Waals surface area contributed by atoms with Crippen molar-refractivity contribution in [3.8, 4) is 0 Å². The van der Waals surface area contributed by atoms with Crippen molar-refractivity contribution < 1.29 is 4.79 Å². The molecule has 2 rings (SSSR count). The van der Waals surface area contributed by atoms with Crippen molar-refractivity contribution in [1.82, 2.24) is 15.1 Å². The fraction of sp³-hybridized carbons (Fsp3) is 0.667. The number of nitrogens with zero attached hydrogens (tertiary/aromatic N) is 2. The minimum Gasteiger partial charge on any atom is -0.355 e. The summed E-state index contributed by atoms with van der Waals surface area (Å²) in [6, 6.07) is 10.3. The number of rotatable bonds is 10. The molecule has 1 aliphatic rings. The number of carbonyl (C=O) groups is 1. The SMILES string of the molecule is CCC(C)C(N)C(=O)NCCCCN1CCN(Cc2ccccc2)CC1. The summed E-state index contributed by atoms with van der Waals surface area (Å²) in [5, 5.41) is 2.98. The summed E-state index contributed by atoms with van der Waals surface area (Å²) < 4.78 is 0. The molecule has 26 heavy (non-hydrogen) atoms. The second-order valence-electron chi connectivity index (χ2n) is 7.51. The van der Waals surface area contributed by atoms with Gasteiger partial charge in [0.05, 0.1) is 6.04 Å². The van der Waals surface area contributed by atoms with Gasteiger partial charge in [-0.2, -0.15) is 0 Å². The Balaban J connectivity index is 1.53. The van der Waals surface area contributed by atoms with Crippen LogP contribution in [0.5, 0.6) is 0 Å². The van der Waals surface area contributed by atoms with Crippen LogP contribution in [0.1, 0.15) is 38.7 Å². The van der Waals surface area contributed by atoms with Crippen LogP contribution in [0, 0.1) is 5.92 Å². The molecule has 0 spiro atoms. The molecule has 0 aromatic heterocycles. The molecule has 2 unspecified atom stereocenters. The molecule has 1 saturated heterocycles. The molecule has 1 aliphatic heterocycles. The van der Waals surface area contributed by atoms with E-state index in [9.17, 15) is 4.79 Å². The first-order chi connectivity index (χ1) is 12.6. The molecule has 0 aliphatic carbocycles. The highest BCUT2D eigenvalue weighted by Crippen LogP contribution is 2.09. The largest absolute Gasteiger partial charge is 0.355 e. The van der Waals surface area contributed by atoms with Gasteiger partial charge in [-0.3, -0.25) is 9.69 Å². The van der Waals surface area contributed by atoms with Gasteiger partial charge < -0.3 is 16.0 Å². The van der Waals surface area contributed by atoms with Crippen LogP contribution in [0.15, 0.2) is 30.3 Å².